The number of nitrogens with one attached hydrogen (secondary N) is 1. The van der Waals surface area contributed by atoms with E-state index in [1.54, 1.807) is 0 Å². The first-order valence-electron chi connectivity index (χ1n) is 8.30. The summed E-state index contributed by atoms with van der Waals surface area (Å²) in [6.45, 7) is 18.9. The van der Waals surface area contributed by atoms with E-state index >= 15 is 0 Å². The highest BCUT2D eigenvalue weighted by Crippen LogP contribution is 2.28. The van der Waals surface area contributed by atoms with Crippen LogP contribution in [0.5, 0.6) is 0 Å². The highest BCUT2D eigenvalue weighted by atomic mass is 15.3. The molecule has 0 amide bonds. The Balaban J connectivity index is 2.80. The normalized spacial score (nSPS) is 29.2. The van der Waals surface area contributed by atoms with Crippen LogP contribution in [0.25, 0.3) is 0 Å². The van der Waals surface area contributed by atoms with Crippen LogP contribution in [0.2, 0.25) is 0 Å². The molecule has 1 aliphatic rings. The summed E-state index contributed by atoms with van der Waals surface area (Å²) in [7, 11) is 0. The first-order valence-corrected chi connectivity index (χ1v) is 8.30. The summed E-state index contributed by atoms with van der Waals surface area (Å²) in [6, 6.07) is 2.05. The van der Waals surface area contributed by atoms with Crippen LogP contribution in [0.3, 0.4) is 0 Å². The fourth-order valence-corrected chi connectivity index (χ4v) is 3.26. The maximum absolute atomic E-state index is 3.81. The van der Waals surface area contributed by atoms with Crippen LogP contribution in [-0.4, -0.2) is 36.1 Å². The van der Waals surface area contributed by atoms with Crippen molar-refractivity contribution in [3.8, 4) is 0 Å². The highest BCUT2D eigenvalue weighted by molar-refractivity contribution is 4.95. The SMILES string of the molecule is CCCC(C)N1CC(C(C)(C)C)NCC1C(C)CC. The third kappa shape index (κ3) is 4.46. The van der Waals surface area contributed by atoms with E-state index < -0.39 is 0 Å². The minimum absolute atomic E-state index is 0.352. The van der Waals surface area contributed by atoms with Gasteiger partial charge in [0.1, 0.15) is 0 Å². The van der Waals surface area contributed by atoms with Gasteiger partial charge < -0.3 is 5.32 Å². The van der Waals surface area contributed by atoms with Gasteiger partial charge in [-0.2, -0.15) is 0 Å². The van der Waals surface area contributed by atoms with E-state index in [1.165, 1.54) is 25.8 Å². The standard InChI is InChI=1S/C17H36N2/c1-8-10-14(4)19-12-16(17(5,6)7)18-11-15(19)13(3)9-2/h13-16,18H,8-12H2,1-7H3. The number of piperazine rings is 1. The lowest BCUT2D eigenvalue weighted by Crippen LogP contribution is -2.63. The number of nitrogens with zero attached hydrogens (tertiary/aromatic N) is 1. The van der Waals surface area contributed by atoms with Gasteiger partial charge in [-0.05, 0) is 24.7 Å². The average Bonchev–Trinajstić information content (AvgIpc) is 2.36. The second kappa shape index (κ2) is 7.08. The van der Waals surface area contributed by atoms with Gasteiger partial charge in [0.25, 0.3) is 0 Å². The molecule has 0 aliphatic carbocycles. The lowest BCUT2D eigenvalue weighted by Gasteiger charge is -2.49. The molecular formula is C17H36N2. The van der Waals surface area contributed by atoms with Crippen molar-refractivity contribution in [2.24, 2.45) is 11.3 Å². The quantitative estimate of drug-likeness (QED) is 0.813. The summed E-state index contributed by atoms with van der Waals surface area (Å²) in [4.78, 5) is 2.80. The molecule has 4 unspecified atom stereocenters. The molecule has 2 heteroatoms. The van der Waals surface area contributed by atoms with Crippen LogP contribution in [0, 0.1) is 11.3 Å². The van der Waals surface area contributed by atoms with Crippen molar-refractivity contribution < 1.29 is 0 Å². The Morgan fingerprint density at radius 2 is 1.84 bits per heavy atom. The summed E-state index contributed by atoms with van der Waals surface area (Å²) >= 11 is 0. The minimum atomic E-state index is 0.352. The van der Waals surface area contributed by atoms with Gasteiger partial charge in [-0.15, -0.1) is 0 Å². The molecule has 1 fully saturated rings. The Bertz CT molecular complexity index is 256. The molecule has 0 spiro atoms. The molecule has 0 aromatic rings. The van der Waals surface area contributed by atoms with E-state index in [0.29, 0.717) is 17.5 Å². The molecule has 0 aromatic carbocycles. The number of hydrogen-bond acceptors (Lipinski definition) is 2. The predicted molar refractivity (Wildman–Crippen MR) is 85.6 cm³/mol. The van der Waals surface area contributed by atoms with Crippen molar-refractivity contribution in [2.75, 3.05) is 13.1 Å². The van der Waals surface area contributed by atoms with E-state index in [-0.39, 0.29) is 0 Å². The van der Waals surface area contributed by atoms with Crippen LogP contribution >= 0.6 is 0 Å². The molecule has 0 bridgehead atoms. The van der Waals surface area contributed by atoms with Gasteiger partial charge in [0, 0.05) is 31.2 Å². The van der Waals surface area contributed by atoms with Gasteiger partial charge in [0.2, 0.25) is 0 Å². The Kier molecular flexibility index (Phi) is 6.32. The Hall–Kier alpha value is -0.0800. The summed E-state index contributed by atoms with van der Waals surface area (Å²) in [5, 5.41) is 3.81. The summed E-state index contributed by atoms with van der Waals surface area (Å²) in [6.07, 6.45) is 3.89. The molecule has 2 nitrogen and oxygen atoms in total. The molecule has 19 heavy (non-hydrogen) atoms. The Morgan fingerprint density at radius 3 is 2.32 bits per heavy atom. The van der Waals surface area contributed by atoms with Crippen molar-refractivity contribution in [3.63, 3.8) is 0 Å². The molecule has 0 aromatic heterocycles. The minimum Gasteiger partial charge on any atom is -0.311 e. The Morgan fingerprint density at radius 1 is 1.21 bits per heavy atom. The predicted octanol–water partition coefficient (Wildman–Crippen LogP) is 3.91. The van der Waals surface area contributed by atoms with Gasteiger partial charge in [-0.25, -0.2) is 0 Å². The average molecular weight is 268 g/mol. The molecule has 1 heterocycles. The zero-order valence-electron chi connectivity index (χ0n) is 14.3. The summed E-state index contributed by atoms with van der Waals surface area (Å²) in [5.74, 6) is 0.785. The first kappa shape index (κ1) is 17.0. The monoisotopic (exact) mass is 268 g/mol. The molecule has 114 valence electrons. The van der Waals surface area contributed by atoms with Gasteiger partial charge >= 0.3 is 0 Å². The van der Waals surface area contributed by atoms with Crippen molar-refractivity contribution in [2.45, 2.75) is 85.9 Å². The third-order valence-electron chi connectivity index (χ3n) is 5.01. The van der Waals surface area contributed by atoms with Crippen molar-refractivity contribution in [1.82, 2.24) is 10.2 Å². The molecule has 1 saturated heterocycles. The third-order valence-corrected chi connectivity index (χ3v) is 5.01. The van der Waals surface area contributed by atoms with Gasteiger partial charge in [-0.3, -0.25) is 4.90 Å². The van der Waals surface area contributed by atoms with Crippen LogP contribution in [0.4, 0.5) is 0 Å². The fraction of sp³-hybridized carbons (Fsp3) is 1.00. The van der Waals surface area contributed by atoms with E-state index in [9.17, 15) is 0 Å². The smallest absolute Gasteiger partial charge is 0.0249 e. The lowest BCUT2D eigenvalue weighted by molar-refractivity contribution is 0.0273. The van der Waals surface area contributed by atoms with Crippen molar-refractivity contribution in [1.29, 1.82) is 0 Å². The molecule has 0 saturated carbocycles. The maximum atomic E-state index is 3.81. The largest absolute Gasteiger partial charge is 0.311 e. The zero-order chi connectivity index (χ0) is 14.6. The van der Waals surface area contributed by atoms with E-state index in [1.807, 2.05) is 0 Å². The second-order valence-corrected chi connectivity index (χ2v) is 7.61. The number of hydrogen-bond donors (Lipinski definition) is 1. The molecule has 1 rings (SSSR count). The highest BCUT2D eigenvalue weighted by Gasteiger charge is 2.37. The lowest BCUT2D eigenvalue weighted by atomic mass is 9.82. The van der Waals surface area contributed by atoms with E-state index in [4.69, 9.17) is 0 Å². The first-order chi connectivity index (χ1) is 8.81. The molecule has 1 aliphatic heterocycles. The molecule has 4 atom stereocenters. The van der Waals surface area contributed by atoms with Crippen molar-refractivity contribution >= 4 is 0 Å². The van der Waals surface area contributed by atoms with Crippen LogP contribution in [-0.2, 0) is 0 Å². The molecule has 1 N–H and O–H groups in total. The Labute approximate surface area is 121 Å². The van der Waals surface area contributed by atoms with E-state index in [2.05, 4.69) is 58.7 Å². The molecular weight excluding hydrogens is 232 g/mol. The van der Waals surface area contributed by atoms with Crippen LogP contribution in [0.1, 0.15) is 67.7 Å². The maximum Gasteiger partial charge on any atom is 0.0249 e. The van der Waals surface area contributed by atoms with Crippen LogP contribution in [0.15, 0.2) is 0 Å². The second-order valence-electron chi connectivity index (χ2n) is 7.61. The van der Waals surface area contributed by atoms with Gasteiger partial charge in [0.05, 0.1) is 0 Å². The zero-order valence-corrected chi connectivity index (χ0v) is 14.3. The summed E-state index contributed by atoms with van der Waals surface area (Å²) < 4.78 is 0. The topological polar surface area (TPSA) is 15.3 Å². The fourth-order valence-electron chi connectivity index (χ4n) is 3.26. The molecule has 0 radical (unpaired) electrons. The van der Waals surface area contributed by atoms with Crippen LogP contribution < -0.4 is 5.32 Å². The van der Waals surface area contributed by atoms with Crippen molar-refractivity contribution in [3.05, 3.63) is 0 Å². The summed E-state index contributed by atoms with van der Waals surface area (Å²) in [5.41, 5.74) is 0.352. The van der Waals surface area contributed by atoms with Gasteiger partial charge in [-0.1, -0.05) is 54.4 Å². The van der Waals surface area contributed by atoms with Gasteiger partial charge in [0.15, 0.2) is 0 Å². The van der Waals surface area contributed by atoms with E-state index in [0.717, 1.165) is 18.5 Å². The number of rotatable bonds is 5.